The van der Waals surface area contributed by atoms with Gasteiger partial charge >= 0.3 is 0 Å². The third-order valence-corrected chi connectivity index (χ3v) is 4.92. The van der Waals surface area contributed by atoms with E-state index in [0.29, 0.717) is 28.7 Å². The van der Waals surface area contributed by atoms with E-state index in [0.717, 1.165) is 17.7 Å². The molecule has 0 radical (unpaired) electrons. The van der Waals surface area contributed by atoms with E-state index in [1.54, 1.807) is 25.5 Å². The maximum atomic E-state index is 12.2. The summed E-state index contributed by atoms with van der Waals surface area (Å²) < 4.78 is 10.2. The van der Waals surface area contributed by atoms with Crippen LogP contribution in [0.15, 0.2) is 46.4 Å². The second-order valence-corrected chi connectivity index (χ2v) is 6.97. The molecule has 0 fully saturated rings. The molecule has 0 aliphatic rings. The maximum Gasteiger partial charge on any atom is 0.260 e. The molecule has 8 heteroatoms. The van der Waals surface area contributed by atoms with Gasteiger partial charge in [0, 0.05) is 11.9 Å². The fraction of sp³-hybridized carbons (Fsp3) is 0.250. The number of hydrogen-bond donors (Lipinski definition) is 2. The van der Waals surface area contributed by atoms with Crippen LogP contribution in [-0.4, -0.2) is 30.5 Å². The lowest BCUT2D eigenvalue weighted by atomic mass is 10.1. The lowest BCUT2D eigenvalue weighted by Crippen LogP contribution is -2.27. The van der Waals surface area contributed by atoms with Crippen LogP contribution >= 0.6 is 11.3 Å². The molecule has 3 aromatic rings. The molecule has 7 nitrogen and oxygen atoms in total. The predicted octanol–water partition coefficient (Wildman–Crippen LogP) is 3.21. The number of nitrogens with one attached hydrogen (secondary N) is 2. The molecule has 0 atom stereocenters. The van der Waals surface area contributed by atoms with E-state index in [-0.39, 0.29) is 18.2 Å². The average molecular weight is 399 g/mol. The summed E-state index contributed by atoms with van der Waals surface area (Å²) in [7, 11) is 1.63. The number of carbonyl (C=O) groups is 2. The largest absolute Gasteiger partial charge is 0.497 e. The van der Waals surface area contributed by atoms with E-state index in [1.165, 1.54) is 17.6 Å². The Hall–Kier alpha value is -3.13. The number of thiazole rings is 1. The van der Waals surface area contributed by atoms with Gasteiger partial charge in [-0.05, 0) is 37.1 Å². The number of hydrogen-bond acceptors (Lipinski definition) is 6. The zero-order valence-electron chi connectivity index (χ0n) is 15.7. The number of methoxy groups -OCH3 is 1. The Morgan fingerprint density at radius 1 is 1.21 bits per heavy atom. The van der Waals surface area contributed by atoms with E-state index in [4.69, 9.17) is 9.15 Å². The molecule has 2 heterocycles. The fourth-order valence-electron chi connectivity index (χ4n) is 2.60. The van der Waals surface area contributed by atoms with Crippen LogP contribution in [0.4, 0.5) is 5.13 Å². The molecule has 0 bridgehead atoms. The lowest BCUT2D eigenvalue weighted by molar-refractivity contribution is -0.120. The molecule has 1 aromatic carbocycles. The minimum Gasteiger partial charge on any atom is -0.497 e. The number of furan rings is 1. The maximum absolute atomic E-state index is 12.2. The number of rotatable bonds is 8. The van der Waals surface area contributed by atoms with Gasteiger partial charge in [-0.2, -0.15) is 0 Å². The van der Waals surface area contributed by atoms with Gasteiger partial charge in [0.1, 0.15) is 11.5 Å². The van der Waals surface area contributed by atoms with Crippen molar-refractivity contribution in [1.29, 1.82) is 0 Å². The molecule has 28 heavy (non-hydrogen) atoms. The van der Waals surface area contributed by atoms with Gasteiger partial charge in [0.25, 0.3) is 5.91 Å². The SMILES string of the molecule is COc1ccc(CCNC(=O)Cc2csc(NC(=O)c3ccoc3C)n2)cc1. The summed E-state index contributed by atoms with van der Waals surface area (Å²) in [6, 6.07) is 9.35. The van der Waals surface area contributed by atoms with Crippen molar-refractivity contribution >= 4 is 28.3 Å². The number of anilines is 1. The zero-order chi connectivity index (χ0) is 19.9. The molecule has 0 unspecified atom stereocenters. The van der Waals surface area contributed by atoms with Crippen LogP contribution in [0.25, 0.3) is 0 Å². The Morgan fingerprint density at radius 2 is 2.00 bits per heavy atom. The summed E-state index contributed by atoms with van der Waals surface area (Å²) in [4.78, 5) is 28.5. The summed E-state index contributed by atoms with van der Waals surface area (Å²) in [6.45, 7) is 2.26. The van der Waals surface area contributed by atoms with Crippen LogP contribution in [0.2, 0.25) is 0 Å². The average Bonchev–Trinajstić information content (AvgIpc) is 3.31. The van der Waals surface area contributed by atoms with Crippen LogP contribution in [0.1, 0.15) is 27.4 Å². The second kappa shape index (κ2) is 9.18. The van der Waals surface area contributed by atoms with Gasteiger partial charge < -0.3 is 14.5 Å². The van der Waals surface area contributed by atoms with Crippen molar-refractivity contribution < 1.29 is 18.7 Å². The molecular formula is C20H21N3O4S. The van der Waals surface area contributed by atoms with Crippen molar-refractivity contribution in [3.05, 3.63) is 64.6 Å². The van der Waals surface area contributed by atoms with Gasteiger partial charge in [-0.15, -0.1) is 11.3 Å². The molecule has 2 N–H and O–H groups in total. The number of aryl methyl sites for hydroxylation is 1. The van der Waals surface area contributed by atoms with E-state index in [9.17, 15) is 9.59 Å². The Kier molecular flexibility index (Phi) is 6.44. The highest BCUT2D eigenvalue weighted by Gasteiger charge is 2.14. The van der Waals surface area contributed by atoms with E-state index in [1.807, 2.05) is 24.3 Å². The van der Waals surface area contributed by atoms with Crippen LogP contribution in [-0.2, 0) is 17.6 Å². The van der Waals surface area contributed by atoms with Crippen LogP contribution in [0.3, 0.4) is 0 Å². The first-order valence-electron chi connectivity index (χ1n) is 8.74. The Labute approximate surface area is 166 Å². The molecule has 146 valence electrons. The van der Waals surface area contributed by atoms with Crippen molar-refractivity contribution in [2.24, 2.45) is 0 Å². The van der Waals surface area contributed by atoms with E-state index >= 15 is 0 Å². The number of amides is 2. The number of ether oxygens (including phenoxy) is 1. The van der Waals surface area contributed by atoms with Gasteiger partial charge in [-0.1, -0.05) is 12.1 Å². The zero-order valence-corrected chi connectivity index (χ0v) is 16.5. The fourth-order valence-corrected chi connectivity index (χ4v) is 3.30. The molecule has 0 aliphatic carbocycles. The summed E-state index contributed by atoms with van der Waals surface area (Å²) in [5.74, 6) is 0.964. The monoisotopic (exact) mass is 399 g/mol. The van der Waals surface area contributed by atoms with Crippen molar-refractivity contribution in [3.63, 3.8) is 0 Å². The Balaban J connectivity index is 1.44. The molecule has 3 rings (SSSR count). The number of benzene rings is 1. The number of carbonyl (C=O) groups excluding carboxylic acids is 2. The van der Waals surface area contributed by atoms with Crippen molar-refractivity contribution in [3.8, 4) is 5.75 Å². The van der Waals surface area contributed by atoms with Crippen LogP contribution in [0.5, 0.6) is 5.75 Å². The minimum absolute atomic E-state index is 0.109. The van der Waals surface area contributed by atoms with E-state index < -0.39 is 0 Å². The molecule has 2 amide bonds. The lowest BCUT2D eigenvalue weighted by Gasteiger charge is -2.05. The summed E-state index contributed by atoms with van der Waals surface area (Å²) in [6.07, 6.45) is 2.37. The van der Waals surface area contributed by atoms with Crippen molar-refractivity contribution in [2.45, 2.75) is 19.8 Å². The molecule has 2 aromatic heterocycles. The van der Waals surface area contributed by atoms with Crippen molar-refractivity contribution in [2.75, 3.05) is 19.0 Å². The quantitative estimate of drug-likeness (QED) is 0.607. The highest BCUT2D eigenvalue weighted by molar-refractivity contribution is 7.14. The standard InChI is InChI=1S/C20H21N3O4S/c1-13-17(8-10-27-13)19(25)23-20-22-15(12-28-20)11-18(24)21-9-7-14-3-5-16(26-2)6-4-14/h3-6,8,10,12H,7,9,11H2,1-2H3,(H,21,24)(H,22,23,25). The number of aromatic nitrogens is 1. The van der Waals surface area contributed by atoms with Gasteiger partial charge in [-0.25, -0.2) is 4.98 Å². The molecule has 0 aliphatic heterocycles. The normalized spacial score (nSPS) is 10.5. The smallest absolute Gasteiger partial charge is 0.260 e. The topological polar surface area (TPSA) is 93.5 Å². The summed E-state index contributed by atoms with van der Waals surface area (Å²) >= 11 is 1.28. The van der Waals surface area contributed by atoms with Crippen LogP contribution in [0, 0.1) is 6.92 Å². The van der Waals surface area contributed by atoms with Crippen LogP contribution < -0.4 is 15.4 Å². The third-order valence-electron chi connectivity index (χ3n) is 4.11. The molecule has 0 saturated carbocycles. The molecule has 0 saturated heterocycles. The highest BCUT2D eigenvalue weighted by Crippen LogP contribution is 2.18. The number of nitrogens with zero attached hydrogens (tertiary/aromatic N) is 1. The van der Waals surface area contributed by atoms with Crippen molar-refractivity contribution in [1.82, 2.24) is 10.3 Å². The Morgan fingerprint density at radius 3 is 2.68 bits per heavy atom. The minimum atomic E-state index is -0.281. The summed E-state index contributed by atoms with van der Waals surface area (Å²) in [5.41, 5.74) is 2.20. The van der Waals surface area contributed by atoms with Gasteiger partial charge in [-0.3, -0.25) is 14.9 Å². The first-order valence-corrected chi connectivity index (χ1v) is 9.62. The Bertz CT molecular complexity index is 947. The molecule has 0 spiro atoms. The predicted molar refractivity (Wildman–Crippen MR) is 107 cm³/mol. The second-order valence-electron chi connectivity index (χ2n) is 6.11. The summed E-state index contributed by atoms with van der Waals surface area (Å²) in [5, 5.41) is 7.82. The van der Waals surface area contributed by atoms with E-state index in [2.05, 4.69) is 15.6 Å². The first kappa shape index (κ1) is 19.6. The van der Waals surface area contributed by atoms with Gasteiger partial charge in [0.2, 0.25) is 5.91 Å². The third kappa shape index (κ3) is 5.20. The first-order chi connectivity index (χ1) is 13.5. The molecular weight excluding hydrogens is 378 g/mol. The highest BCUT2D eigenvalue weighted by atomic mass is 32.1. The van der Waals surface area contributed by atoms with Gasteiger partial charge in [0.05, 0.1) is 31.1 Å². The van der Waals surface area contributed by atoms with Gasteiger partial charge in [0.15, 0.2) is 5.13 Å².